The molecule has 0 N–H and O–H groups in total. The molecular formula is C32H37FN8O2. The van der Waals surface area contributed by atoms with Crippen LogP contribution >= 0.6 is 0 Å². The summed E-state index contributed by atoms with van der Waals surface area (Å²) in [5.74, 6) is 1.44. The Balaban J connectivity index is 1.10. The van der Waals surface area contributed by atoms with Gasteiger partial charge in [-0.3, -0.25) is 0 Å². The van der Waals surface area contributed by atoms with E-state index in [4.69, 9.17) is 4.74 Å². The Morgan fingerprint density at radius 2 is 1.65 bits per heavy atom. The Kier molecular flexibility index (Phi) is 7.72. The molecule has 1 saturated heterocycles. The first-order valence-electron chi connectivity index (χ1n) is 14.7. The number of anilines is 2. The third-order valence-electron chi connectivity index (χ3n) is 8.01. The fourth-order valence-corrected chi connectivity index (χ4v) is 5.54. The van der Waals surface area contributed by atoms with Crippen molar-refractivity contribution in [1.29, 1.82) is 0 Å². The second-order valence-electron chi connectivity index (χ2n) is 12.1. The molecule has 4 aromatic rings. The van der Waals surface area contributed by atoms with E-state index in [1.54, 1.807) is 23.4 Å². The Labute approximate surface area is 250 Å². The fraction of sp³-hybridized carbons (Fsp3) is 0.406. The van der Waals surface area contributed by atoms with Crippen molar-refractivity contribution in [2.45, 2.75) is 45.6 Å². The lowest BCUT2D eigenvalue weighted by Gasteiger charge is -2.35. The van der Waals surface area contributed by atoms with E-state index in [9.17, 15) is 9.18 Å². The number of carbonyl (C=O) groups excluding carboxylic acids is 1. The number of halogens is 1. The van der Waals surface area contributed by atoms with Crippen LogP contribution in [0.15, 0.2) is 61.3 Å². The Hall–Kier alpha value is -4.54. The number of hydrogen-bond acceptors (Lipinski definition) is 8. The summed E-state index contributed by atoms with van der Waals surface area (Å²) in [4.78, 5) is 32.6. The molecule has 0 bridgehead atoms. The summed E-state index contributed by atoms with van der Waals surface area (Å²) in [6, 6.07) is 8.71. The van der Waals surface area contributed by atoms with Crippen LogP contribution in [0.3, 0.4) is 0 Å². The lowest BCUT2D eigenvalue weighted by Crippen LogP contribution is -2.47. The molecular weight excluding hydrogens is 547 g/mol. The SMILES string of the molecule is C[C@H](c1ccc(F)cc1)c1cnc(N2CCN(c3ncnn4cc(C5=CCN(C(=O)OC(C)(C)C)CC5)cc34)CC2)nc1. The molecule has 224 valence electrons. The average molecular weight is 585 g/mol. The molecule has 11 heteroatoms. The molecule has 1 aromatic carbocycles. The highest BCUT2D eigenvalue weighted by Crippen LogP contribution is 2.29. The third kappa shape index (κ3) is 6.30. The molecule has 2 aliphatic heterocycles. The predicted molar refractivity (Wildman–Crippen MR) is 164 cm³/mol. The number of nitrogens with zero attached hydrogens (tertiary/aromatic N) is 8. The summed E-state index contributed by atoms with van der Waals surface area (Å²) in [6.45, 7) is 11.9. The van der Waals surface area contributed by atoms with Crippen molar-refractivity contribution < 1.29 is 13.9 Å². The standard InChI is InChI=1S/C32H37FN8O2/c1-22(23-5-7-27(33)8-6-23)26-18-34-30(35-19-26)39-15-13-38(14-16-39)29-28-17-25(20-41(28)37-21-36-29)24-9-11-40(12-10-24)31(42)43-32(2,3)4/h5-9,17-22H,10-16H2,1-4H3/t22-/m1/s1. The van der Waals surface area contributed by atoms with Crippen molar-refractivity contribution >= 4 is 28.9 Å². The lowest BCUT2D eigenvalue weighted by molar-refractivity contribution is 0.0270. The molecule has 2 aliphatic rings. The van der Waals surface area contributed by atoms with Crippen LogP contribution in [0.4, 0.5) is 21.0 Å². The highest BCUT2D eigenvalue weighted by atomic mass is 19.1. The molecule has 1 fully saturated rings. The zero-order valence-corrected chi connectivity index (χ0v) is 25.1. The molecule has 43 heavy (non-hydrogen) atoms. The topological polar surface area (TPSA) is 92.0 Å². The maximum absolute atomic E-state index is 13.3. The van der Waals surface area contributed by atoms with E-state index in [0.717, 1.165) is 60.6 Å². The summed E-state index contributed by atoms with van der Waals surface area (Å²) < 4.78 is 20.7. The van der Waals surface area contributed by atoms with Gasteiger partial charge in [-0.25, -0.2) is 28.7 Å². The van der Waals surface area contributed by atoms with E-state index < -0.39 is 5.60 Å². The smallest absolute Gasteiger partial charge is 0.410 e. The van der Waals surface area contributed by atoms with Gasteiger partial charge >= 0.3 is 6.09 Å². The number of rotatable bonds is 5. The highest BCUT2D eigenvalue weighted by Gasteiger charge is 2.26. The molecule has 3 aromatic heterocycles. The van der Waals surface area contributed by atoms with E-state index in [2.05, 4.69) is 48.9 Å². The maximum Gasteiger partial charge on any atom is 0.410 e. The van der Waals surface area contributed by atoms with Crippen molar-refractivity contribution in [1.82, 2.24) is 29.5 Å². The first kappa shape index (κ1) is 28.6. The van der Waals surface area contributed by atoms with E-state index in [1.165, 1.54) is 17.7 Å². The monoisotopic (exact) mass is 584 g/mol. The van der Waals surface area contributed by atoms with Gasteiger partial charge in [0.05, 0.1) is 0 Å². The quantitative estimate of drug-likeness (QED) is 0.318. The van der Waals surface area contributed by atoms with Gasteiger partial charge in [0.1, 0.15) is 23.3 Å². The van der Waals surface area contributed by atoms with Crippen LogP contribution < -0.4 is 9.80 Å². The number of carbonyl (C=O) groups is 1. The van der Waals surface area contributed by atoms with Crippen LogP contribution in [0.2, 0.25) is 0 Å². The molecule has 5 heterocycles. The summed E-state index contributed by atoms with van der Waals surface area (Å²) in [5.41, 5.74) is 4.75. The van der Waals surface area contributed by atoms with Crippen molar-refractivity contribution in [2.24, 2.45) is 0 Å². The first-order valence-corrected chi connectivity index (χ1v) is 14.7. The minimum Gasteiger partial charge on any atom is -0.444 e. The van der Waals surface area contributed by atoms with Crippen LogP contribution in [-0.4, -0.2) is 80.4 Å². The summed E-state index contributed by atoms with van der Waals surface area (Å²) in [6.07, 6.45) is 9.93. The van der Waals surface area contributed by atoms with Gasteiger partial charge in [-0.1, -0.05) is 25.1 Å². The predicted octanol–water partition coefficient (Wildman–Crippen LogP) is 5.16. The number of aromatic nitrogens is 5. The second-order valence-corrected chi connectivity index (χ2v) is 12.1. The van der Waals surface area contributed by atoms with Gasteiger partial charge in [-0.15, -0.1) is 0 Å². The number of benzene rings is 1. The minimum absolute atomic E-state index is 0.0758. The molecule has 6 rings (SSSR count). The van der Waals surface area contributed by atoms with Crippen LogP contribution in [0.1, 0.15) is 56.7 Å². The largest absolute Gasteiger partial charge is 0.444 e. The fourth-order valence-electron chi connectivity index (χ4n) is 5.54. The normalized spacial score (nSPS) is 16.8. The zero-order valence-electron chi connectivity index (χ0n) is 25.1. The van der Waals surface area contributed by atoms with Crippen LogP contribution in [-0.2, 0) is 4.74 Å². The van der Waals surface area contributed by atoms with Gasteiger partial charge in [0.2, 0.25) is 5.95 Å². The minimum atomic E-state index is -0.510. The molecule has 0 unspecified atom stereocenters. The Morgan fingerprint density at radius 3 is 2.30 bits per heavy atom. The molecule has 10 nitrogen and oxygen atoms in total. The van der Waals surface area contributed by atoms with Gasteiger partial charge in [-0.05, 0) is 67.7 Å². The molecule has 1 atom stereocenters. The summed E-state index contributed by atoms with van der Waals surface area (Å²) in [7, 11) is 0. The molecule has 0 spiro atoms. The number of amides is 1. The van der Waals surface area contributed by atoms with Crippen molar-refractivity contribution in [2.75, 3.05) is 49.1 Å². The second kappa shape index (κ2) is 11.6. The lowest BCUT2D eigenvalue weighted by atomic mass is 9.95. The average Bonchev–Trinajstić information content (AvgIpc) is 3.45. The third-order valence-corrected chi connectivity index (χ3v) is 8.01. The van der Waals surface area contributed by atoms with Crippen LogP contribution in [0, 0.1) is 5.82 Å². The molecule has 1 amide bonds. The zero-order chi connectivity index (χ0) is 30.1. The molecule has 0 saturated carbocycles. The van der Waals surface area contributed by atoms with Crippen LogP contribution in [0.5, 0.6) is 0 Å². The molecule has 0 radical (unpaired) electrons. The molecule has 0 aliphatic carbocycles. The number of hydrogen-bond donors (Lipinski definition) is 0. The maximum atomic E-state index is 13.3. The number of fused-ring (bicyclic) bond motifs is 1. The Bertz CT molecular complexity index is 1620. The summed E-state index contributed by atoms with van der Waals surface area (Å²) in [5, 5.41) is 4.46. The van der Waals surface area contributed by atoms with Gasteiger partial charge in [-0.2, -0.15) is 5.10 Å². The number of ether oxygens (including phenoxy) is 1. The van der Waals surface area contributed by atoms with E-state index in [1.807, 2.05) is 43.9 Å². The first-order chi connectivity index (χ1) is 20.6. The van der Waals surface area contributed by atoms with E-state index in [-0.39, 0.29) is 17.8 Å². The number of piperazine rings is 1. The van der Waals surface area contributed by atoms with Crippen molar-refractivity contribution in [3.05, 3.63) is 83.8 Å². The van der Waals surface area contributed by atoms with Gasteiger partial charge in [0.25, 0.3) is 0 Å². The summed E-state index contributed by atoms with van der Waals surface area (Å²) >= 11 is 0. The van der Waals surface area contributed by atoms with Gasteiger partial charge in [0, 0.05) is 63.8 Å². The van der Waals surface area contributed by atoms with E-state index in [0.29, 0.717) is 19.0 Å². The Morgan fingerprint density at radius 1 is 0.953 bits per heavy atom. The van der Waals surface area contributed by atoms with Crippen molar-refractivity contribution in [3.63, 3.8) is 0 Å². The van der Waals surface area contributed by atoms with Crippen molar-refractivity contribution in [3.8, 4) is 0 Å². The van der Waals surface area contributed by atoms with E-state index >= 15 is 0 Å². The van der Waals surface area contributed by atoms with Gasteiger partial charge < -0.3 is 19.4 Å². The highest BCUT2D eigenvalue weighted by molar-refractivity contribution is 5.78. The van der Waals surface area contributed by atoms with Crippen LogP contribution in [0.25, 0.3) is 11.1 Å². The van der Waals surface area contributed by atoms with Gasteiger partial charge in [0.15, 0.2) is 5.82 Å².